The van der Waals surface area contributed by atoms with Gasteiger partial charge in [0.2, 0.25) is 0 Å². The van der Waals surface area contributed by atoms with Crippen LogP contribution in [0.5, 0.6) is 0 Å². The van der Waals surface area contributed by atoms with Crippen LogP contribution in [-0.2, 0) is 0 Å². The van der Waals surface area contributed by atoms with E-state index in [0.29, 0.717) is 11.3 Å². The van der Waals surface area contributed by atoms with E-state index < -0.39 is 5.97 Å². The summed E-state index contributed by atoms with van der Waals surface area (Å²) in [6.45, 7) is 0. The van der Waals surface area contributed by atoms with E-state index in [1.54, 1.807) is 11.0 Å². The van der Waals surface area contributed by atoms with Gasteiger partial charge in [-0.05, 0) is 23.3 Å². The summed E-state index contributed by atoms with van der Waals surface area (Å²) in [4.78, 5) is 13.1. The summed E-state index contributed by atoms with van der Waals surface area (Å²) >= 11 is 0. The Morgan fingerprint density at radius 2 is 1.67 bits per heavy atom. The van der Waals surface area contributed by atoms with E-state index in [1.807, 2.05) is 56.6 Å². The Labute approximate surface area is 106 Å². The number of carboxylic acids is 1. The van der Waals surface area contributed by atoms with E-state index in [9.17, 15) is 9.90 Å². The monoisotopic (exact) mass is 241 g/mol. The highest BCUT2D eigenvalue weighted by molar-refractivity contribution is 5.96. The van der Waals surface area contributed by atoms with Crippen LogP contribution in [0.2, 0.25) is 0 Å². The molecule has 0 saturated carbocycles. The maximum absolute atomic E-state index is 11.3. The van der Waals surface area contributed by atoms with Crippen molar-refractivity contribution >= 4 is 11.7 Å². The first-order valence-corrected chi connectivity index (χ1v) is 5.69. The van der Waals surface area contributed by atoms with Crippen molar-refractivity contribution in [2.75, 3.05) is 19.0 Å². The van der Waals surface area contributed by atoms with Crippen molar-refractivity contribution in [3.63, 3.8) is 0 Å². The molecule has 0 bridgehead atoms. The first-order valence-electron chi connectivity index (χ1n) is 5.69. The van der Waals surface area contributed by atoms with Gasteiger partial charge in [0.05, 0.1) is 11.3 Å². The van der Waals surface area contributed by atoms with Gasteiger partial charge in [-0.2, -0.15) is 0 Å². The number of rotatable bonds is 3. The van der Waals surface area contributed by atoms with Gasteiger partial charge in [-0.15, -0.1) is 0 Å². The molecule has 0 spiro atoms. The minimum atomic E-state index is -0.906. The lowest BCUT2D eigenvalue weighted by molar-refractivity contribution is 0.0697. The first-order chi connectivity index (χ1) is 8.59. The minimum absolute atomic E-state index is 0.321. The van der Waals surface area contributed by atoms with Crippen molar-refractivity contribution in [2.24, 2.45) is 0 Å². The van der Waals surface area contributed by atoms with Crippen LogP contribution in [0.1, 0.15) is 10.4 Å². The Balaban J connectivity index is 2.54. The average Bonchev–Trinajstić information content (AvgIpc) is 2.39. The molecule has 3 nitrogen and oxygen atoms in total. The molecule has 0 saturated heterocycles. The molecule has 1 N–H and O–H groups in total. The van der Waals surface area contributed by atoms with Crippen LogP contribution in [0.25, 0.3) is 11.1 Å². The van der Waals surface area contributed by atoms with Crippen molar-refractivity contribution in [1.82, 2.24) is 0 Å². The fraction of sp³-hybridized carbons (Fsp3) is 0.133. The fourth-order valence-corrected chi connectivity index (χ4v) is 1.91. The lowest BCUT2D eigenvalue weighted by Gasteiger charge is -2.16. The number of nitrogens with zero attached hydrogens (tertiary/aromatic N) is 1. The molecule has 92 valence electrons. The predicted octanol–water partition coefficient (Wildman–Crippen LogP) is 3.12. The largest absolute Gasteiger partial charge is 0.478 e. The van der Waals surface area contributed by atoms with Gasteiger partial charge >= 0.3 is 5.97 Å². The number of hydrogen-bond donors (Lipinski definition) is 1. The average molecular weight is 241 g/mol. The van der Waals surface area contributed by atoms with Crippen LogP contribution in [0.3, 0.4) is 0 Å². The smallest absolute Gasteiger partial charge is 0.337 e. The van der Waals surface area contributed by atoms with Gasteiger partial charge in [0.15, 0.2) is 0 Å². The lowest BCUT2D eigenvalue weighted by atomic mass is 10.0. The number of hydrogen-bond acceptors (Lipinski definition) is 2. The molecular formula is C15H15NO2. The topological polar surface area (TPSA) is 40.5 Å². The Morgan fingerprint density at radius 1 is 1.00 bits per heavy atom. The molecule has 18 heavy (non-hydrogen) atoms. The van der Waals surface area contributed by atoms with Crippen LogP contribution in [0.4, 0.5) is 5.69 Å². The van der Waals surface area contributed by atoms with E-state index in [4.69, 9.17) is 0 Å². The van der Waals surface area contributed by atoms with Crippen molar-refractivity contribution in [2.45, 2.75) is 0 Å². The van der Waals surface area contributed by atoms with Crippen molar-refractivity contribution < 1.29 is 9.90 Å². The second kappa shape index (κ2) is 4.92. The summed E-state index contributed by atoms with van der Waals surface area (Å²) < 4.78 is 0. The normalized spacial score (nSPS) is 10.1. The van der Waals surface area contributed by atoms with Gasteiger partial charge in [-0.1, -0.05) is 36.4 Å². The van der Waals surface area contributed by atoms with Crippen LogP contribution < -0.4 is 4.90 Å². The Bertz CT molecular complexity index is 562. The van der Waals surface area contributed by atoms with Crippen molar-refractivity contribution in [3.8, 4) is 11.1 Å². The summed E-state index contributed by atoms with van der Waals surface area (Å²) in [5, 5.41) is 9.26. The van der Waals surface area contributed by atoms with Gasteiger partial charge in [0.25, 0.3) is 0 Å². The van der Waals surface area contributed by atoms with Gasteiger partial charge in [-0.3, -0.25) is 0 Å². The van der Waals surface area contributed by atoms with E-state index in [-0.39, 0.29) is 0 Å². The quantitative estimate of drug-likeness (QED) is 0.897. The second-order valence-electron chi connectivity index (χ2n) is 4.30. The number of anilines is 1. The number of aromatic carboxylic acids is 1. The maximum atomic E-state index is 11.3. The molecule has 3 heteroatoms. The highest BCUT2D eigenvalue weighted by Crippen LogP contribution is 2.26. The van der Waals surface area contributed by atoms with Crippen LogP contribution in [0.15, 0.2) is 48.5 Å². The van der Waals surface area contributed by atoms with Gasteiger partial charge in [-0.25, -0.2) is 4.79 Å². The molecule has 2 aromatic rings. The molecule has 0 aliphatic rings. The molecule has 0 unspecified atom stereocenters. The van der Waals surface area contributed by atoms with Crippen LogP contribution in [-0.4, -0.2) is 25.2 Å². The third kappa shape index (κ3) is 2.35. The van der Waals surface area contributed by atoms with Crippen LogP contribution in [0, 0.1) is 0 Å². The van der Waals surface area contributed by atoms with E-state index in [2.05, 4.69) is 0 Å². The van der Waals surface area contributed by atoms with E-state index >= 15 is 0 Å². The number of carbonyl (C=O) groups is 1. The van der Waals surface area contributed by atoms with Crippen molar-refractivity contribution in [1.29, 1.82) is 0 Å². The standard InChI is InChI=1S/C15H15NO2/c1-16(2)14-9-8-12(10-13(14)15(17)18)11-6-4-3-5-7-11/h3-10H,1-2H3,(H,17,18). The molecule has 2 rings (SSSR count). The van der Waals surface area contributed by atoms with Gasteiger partial charge in [0.1, 0.15) is 0 Å². The molecule has 0 aliphatic heterocycles. The molecule has 0 atom stereocenters. The maximum Gasteiger partial charge on any atom is 0.337 e. The first kappa shape index (κ1) is 12.2. The fourth-order valence-electron chi connectivity index (χ4n) is 1.91. The lowest BCUT2D eigenvalue weighted by Crippen LogP contribution is -2.13. The molecule has 0 fully saturated rings. The zero-order valence-electron chi connectivity index (χ0n) is 10.4. The molecule has 0 radical (unpaired) electrons. The summed E-state index contributed by atoms with van der Waals surface area (Å²) in [7, 11) is 3.67. The molecule has 0 heterocycles. The highest BCUT2D eigenvalue weighted by atomic mass is 16.4. The molecule has 2 aromatic carbocycles. The summed E-state index contributed by atoms with van der Waals surface area (Å²) in [5.41, 5.74) is 2.97. The zero-order valence-corrected chi connectivity index (χ0v) is 10.4. The molecular weight excluding hydrogens is 226 g/mol. The molecule has 0 amide bonds. The molecule has 0 aliphatic carbocycles. The minimum Gasteiger partial charge on any atom is -0.478 e. The summed E-state index contributed by atoms with van der Waals surface area (Å²) in [6.07, 6.45) is 0. The second-order valence-corrected chi connectivity index (χ2v) is 4.30. The zero-order chi connectivity index (χ0) is 13.1. The summed E-state index contributed by atoms with van der Waals surface area (Å²) in [6, 6.07) is 15.3. The number of benzene rings is 2. The third-order valence-electron chi connectivity index (χ3n) is 2.82. The van der Waals surface area contributed by atoms with Gasteiger partial charge < -0.3 is 10.0 Å². The summed E-state index contributed by atoms with van der Waals surface area (Å²) in [5.74, 6) is -0.906. The van der Waals surface area contributed by atoms with Gasteiger partial charge in [0, 0.05) is 14.1 Å². The van der Waals surface area contributed by atoms with E-state index in [0.717, 1.165) is 11.1 Å². The Hall–Kier alpha value is -2.29. The number of carboxylic acid groups (broad SMARTS) is 1. The van der Waals surface area contributed by atoms with E-state index in [1.165, 1.54) is 0 Å². The Kier molecular flexibility index (Phi) is 3.33. The predicted molar refractivity (Wildman–Crippen MR) is 73.2 cm³/mol. The SMILES string of the molecule is CN(C)c1ccc(-c2ccccc2)cc1C(=O)O. The highest BCUT2D eigenvalue weighted by Gasteiger charge is 2.12. The third-order valence-corrected chi connectivity index (χ3v) is 2.82. The van der Waals surface area contributed by atoms with Crippen molar-refractivity contribution in [3.05, 3.63) is 54.1 Å². The van der Waals surface area contributed by atoms with Crippen LogP contribution >= 0.6 is 0 Å². The molecule has 0 aromatic heterocycles. The Morgan fingerprint density at radius 3 is 2.22 bits per heavy atom.